The maximum absolute atomic E-state index is 14.0. The Labute approximate surface area is 198 Å². The minimum absolute atomic E-state index is 0.105. The predicted octanol–water partition coefficient (Wildman–Crippen LogP) is 4.62. The number of carbonyl (C=O) groups excluding carboxylic acids is 3. The molecule has 170 valence electrons. The van der Waals surface area contributed by atoms with Gasteiger partial charge in [0.05, 0.1) is 29.5 Å². The van der Waals surface area contributed by atoms with Crippen LogP contribution in [-0.2, 0) is 19.8 Å². The second-order valence-electron chi connectivity index (χ2n) is 9.37. The molecule has 5 nitrogen and oxygen atoms in total. The number of anilines is 1. The predicted molar refractivity (Wildman–Crippen MR) is 128 cm³/mol. The lowest BCUT2D eigenvalue weighted by molar-refractivity contribution is -0.132. The van der Waals surface area contributed by atoms with Crippen molar-refractivity contribution in [1.82, 2.24) is 0 Å². The lowest BCUT2D eigenvalue weighted by Gasteiger charge is -2.52. The molecule has 4 aliphatic rings. The van der Waals surface area contributed by atoms with Gasteiger partial charge in [-0.05, 0) is 59.9 Å². The van der Waals surface area contributed by atoms with E-state index in [-0.39, 0.29) is 23.5 Å². The molecule has 1 fully saturated rings. The average molecular weight is 452 g/mol. The van der Waals surface area contributed by atoms with E-state index >= 15 is 0 Å². The summed E-state index contributed by atoms with van der Waals surface area (Å²) in [6.07, 6.45) is 0.893. The van der Waals surface area contributed by atoms with Gasteiger partial charge in [-0.15, -0.1) is 0 Å². The lowest BCUT2D eigenvalue weighted by Crippen LogP contribution is -2.57. The molecule has 5 heteroatoms. The maximum atomic E-state index is 14.0. The van der Waals surface area contributed by atoms with E-state index in [9.17, 15) is 14.4 Å². The summed E-state index contributed by atoms with van der Waals surface area (Å²) in [4.78, 5) is 42.9. The van der Waals surface area contributed by atoms with Gasteiger partial charge in [-0.2, -0.15) is 0 Å². The van der Waals surface area contributed by atoms with Crippen molar-refractivity contribution in [3.05, 3.63) is 95.1 Å². The molecule has 1 heterocycles. The monoisotopic (exact) mass is 451 g/mol. The Kier molecular flexibility index (Phi) is 4.53. The maximum Gasteiger partial charge on any atom is 0.239 e. The first-order valence-electron chi connectivity index (χ1n) is 11.8. The number of benzene rings is 3. The fourth-order valence-electron chi connectivity index (χ4n) is 6.54. The molecule has 34 heavy (non-hydrogen) atoms. The molecular weight excluding hydrogens is 426 g/mol. The van der Waals surface area contributed by atoms with Gasteiger partial charge in [0.15, 0.2) is 0 Å². The molecule has 3 aliphatic carbocycles. The Bertz CT molecular complexity index is 1290. The third-order valence-corrected chi connectivity index (χ3v) is 7.74. The zero-order chi connectivity index (χ0) is 23.6. The molecule has 0 spiro atoms. The largest absolute Gasteiger partial charge is 0.494 e. The van der Waals surface area contributed by atoms with Crippen LogP contribution in [0, 0.1) is 11.8 Å². The van der Waals surface area contributed by atoms with Crippen molar-refractivity contribution in [2.45, 2.75) is 31.6 Å². The van der Waals surface area contributed by atoms with Gasteiger partial charge in [-0.25, -0.2) is 4.90 Å². The summed E-state index contributed by atoms with van der Waals surface area (Å²) in [6.45, 7) is 4.19. The molecule has 2 atom stereocenters. The smallest absolute Gasteiger partial charge is 0.239 e. The number of nitrogens with zero attached hydrogens (tertiary/aromatic N) is 1. The summed E-state index contributed by atoms with van der Waals surface area (Å²) in [5.41, 5.74) is 3.02. The highest BCUT2D eigenvalue weighted by molar-refractivity contribution is 6.25. The molecular formula is C29H25NO4. The van der Waals surface area contributed by atoms with Crippen molar-refractivity contribution in [2.75, 3.05) is 11.5 Å². The van der Waals surface area contributed by atoms with Crippen LogP contribution in [0.3, 0.4) is 0 Å². The van der Waals surface area contributed by atoms with E-state index in [0.717, 1.165) is 28.7 Å². The van der Waals surface area contributed by atoms with E-state index in [4.69, 9.17) is 4.74 Å². The SMILES string of the molecule is CCCOc1ccc(N2C(=O)[C@H]3C4c5ccccc5C(C(C)=O)(c5ccccc54)[C@H]3C2=O)cc1. The molecule has 3 aromatic rings. The highest BCUT2D eigenvalue weighted by Gasteiger charge is 2.69. The number of hydrogen-bond donors (Lipinski definition) is 0. The summed E-state index contributed by atoms with van der Waals surface area (Å²) < 4.78 is 5.66. The van der Waals surface area contributed by atoms with Crippen LogP contribution in [0.25, 0.3) is 0 Å². The number of Topliss-reactive ketones (excluding diaryl/α,β-unsaturated/α-hetero) is 1. The van der Waals surface area contributed by atoms with Crippen LogP contribution in [0.4, 0.5) is 5.69 Å². The van der Waals surface area contributed by atoms with Crippen LogP contribution in [-0.4, -0.2) is 24.2 Å². The van der Waals surface area contributed by atoms with Crippen molar-refractivity contribution in [3.8, 4) is 5.75 Å². The Morgan fingerprint density at radius 1 is 0.882 bits per heavy atom. The van der Waals surface area contributed by atoms with Crippen LogP contribution in [0.1, 0.15) is 48.4 Å². The fourth-order valence-corrected chi connectivity index (χ4v) is 6.54. The minimum atomic E-state index is -1.17. The molecule has 0 unspecified atom stereocenters. The van der Waals surface area contributed by atoms with Gasteiger partial charge in [-0.3, -0.25) is 14.4 Å². The van der Waals surface area contributed by atoms with Crippen LogP contribution in [0.2, 0.25) is 0 Å². The zero-order valence-corrected chi connectivity index (χ0v) is 19.2. The fraction of sp³-hybridized carbons (Fsp3) is 0.276. The lowest BCUT2D eigenvalue weighted by atomic mass is 9.46. The molecule has 2 amide bonds. The molecule has 2 bridgehead atoms. The van der Waals surface area contributed by atoms with Gasteiger partial charge in [0.1, 0.15) is 11.5 Å². The van der Waals surface area contributed by atoms with Gasteiger partial charge in [-0.1, -0.05) is 55.5 Å². The van der Waals surface area contributed by atoms with Gasteiger partial charge >= 0.3 is 0 Å². The summed E-state index contributed by atoms with van der Waals surface area (Å²) >= 11 is 0. The summed E-state index contributed by atoms with van der Waals surface area (Å²) in [6, 6.07) is 22.7. The summed E-state index contributed by atoms with van der Waals surface area (Å²) in [5, 5.41) is 0. The van der Waals surface area contributed by atoms with Crippen molar-refractivity contribution in [2.24, 2.45) is 11.8 Å². The van der Waals surface area contributed by atoms with Gasteiger partial charge in [0, 0.05) is 5.92 Å². The van der Waals surface area contributed by atoms with Crippen molar-refractivity contribution < 1.29 is 19.1 Å². The second-order valence-corrected chi connectivity index (χ2v) is 9.37. The van der Waals surface area contributed by atoms with Crippen LogP contribution in [0.15, 0.2) is 72.8 Å². The van der Waals surface area contributed by atoms with Crippen molar-refractivity contribution in [1.29, 1.82) is 0 Å². The molecule has 0 N–H and O–H groups in total. The molecule has 0 radical (unpaired) electrons. The van der Waals surface area contributed by atoms with E-state index in [2.05, 4.69) is 0 Å². The Morgan fingerprint density at radius 2 is 1.47 bits per heavy atom. The zero-order valence-electron chi connectivity index (χ0n) is 19.2. The van der Waals surface area contributed by atoms with Gasteiger partial charge in [0.2, 0.25) is 11.8 Å². The number of hydrogen-bond acceptors (Lipinski definition) is 4. The quantitative estimate of drug-likeness (QED) is 0.531. The molecule has 7 rings (SSSR count). The summed E-state index contributed by atoms with van der Waals surface area (Å²) in [7, 11) is 0. The molecule has 0 saturated carbocycles. The Balaban J connectivity index is 1.54. The topological polar surface area (TPSA) is 63.7 Å². The minimum Gasteiger partial charge on any atom is -0.494 e. The second kappa shape index (κ2) is 7.39. The highest BCUT2D eigenvalue weighted by atomic mass is 16.5. The third-order valence-electron chi connectivity index (χ3n) is 7.74. The van der Waals surface area contributed by atoms with E-state index in [0.29, 0.717) is 18.0 Å². The van der Waals surface area contributed by atoms with Crippen molar-refractivity contribution in [3.63, 3.8) is 0 Å². The number of imide groups is 1. The first-order valence-corrected chi connectivity index (χ1v) is 11.8. The molecule has 1 saturated heterocycles. The van der Waals surface area contributed by atoms with E-state index in [1.165, 1.54) is 4.90 Å². The van der Waals surface area contributed by atoms with Crippen LogP contribution in [0.5, 0.6) is 5.75 Å². The Morgan fingerprint density at radius 3 is 2.03 bits per heavy atom. The number of rotatable bonds is 5. The molecule has 3 aromatic carbocycles. The molecule has 0 aromatic heterocycles. The van der Waals surface area contributed by atoms with Crippen LogP contribution >= 0.6 is 0 Å². The standard InChI is InChI=1S/C29H25NO4/c1-3-16-34-19-14-12-18(13-15-19)30-27(32)25-24-20-8-4-6-10-22(20)29(17(2)31,26(25)28(30)33)23-11-7-5-9-21(23)24/h4-15,24-26H,3,16H2,1-2H3/t24?,25-,26+,29?/m0/s1. The van der Waals surface area contributed by atoms with Crippen molar-refractivity contribution >= 4 is 23.3 Å². The van der Waals surface area contributed by atoms with E-state index in [1.54, 1.807) is 31.2 Å². The molecule has 1 aliphatic heterocycles. The average Bonchev–Trinajstić information content (AvgIpc) is 3.13. The first-order chi connectivity index (χ1) is 16.5. The normalized spacial score (nSPS) is 26.2. The highest BCUT2D eigenvalue weighted by Crippen LogP contribution is 2.64. The summed E-state index contributed by atoms with van der Waals surface area (Å²) in [5.74, 6) is -1.58. The number of carbonyl (C=O) groups is 3. The third kappa shape index (κ3) is 2.47. The number of ketones is 1. The Hall–Kier alpha value is -3.73. The number of ether oxygens (including phenoxy) is 1. The number of amides is 2. The van der Waals surface area contributed by atoms with Gasteiger partial charge in [0.25, 0.3) is 0 Å². The van der Waals surface area contributed by atoms with Gasteiger partial charge < -0.3 is 4.74 Å². The first kappa shape index (κ1) is 20.8. The van der Waals surface area contributed by atoms with Crippen LogP contribution < -0.4 is 9.64 Å². The van der Waals surface area contributed by atoms with E-state index < -0.39 is 17.3 Å². The van der Waals surface area contributed by atoms with E-state index in [1.807, 2.05) is 55.5 Å².